The van der Waals surface area contributed by atoms with Gasteiger partial charge in [-0.2, -0.15) is 19.3 Å². The average molecular weight is 406 g/mol. The summed E-state index contributed by atoms with van der Waals surface area (Å²) in [5.41, 5.74) is 0. The van der Waals surface area contributed by atoms with E-state index in [0.29, 0.717) is 0 Å². The van der Waals surface area contributed by atoms with Crippen LogP contribution < -0.4 is 0 Å². The monoisotopic (exact) mass is 404 g/mol. The van der Waals surface area contributed by atoms with Gasteiger partial charge in [-0.05, 0) is 0 Å². The van der Waals surface area contributed by atoms with Crippen molar-refractivity contribution in [3.8, 4) is 0 Å². The van der Waals surface area contributed by atoms with E-state index in [9.17, 15) is 0 Å². The number of hydrogen-bond donors (Lipinski definition) is 0. The first kappa shape index (κ1) is 35.0. The predicted molar refractivity (Wildman–Crippen MR) is 104 cm³/mol. The number of rotatable bonds is 12. The molecule has 0 unspecified atom stereocenters. The van der Waals surface area contributed by atoms with Crippen LogP contribution in [0, 0.1) is 20.8 Å². The van der Waals surface area contributed by atoms with Crippen LogP contribution >= 0.6 is 0 Å². The summed E-state index contributed by atoms with van der Waals surface area (Å²) >= 11 is 0. The third-order valence-corrected chi connectivity index (χ3v) is 3.31. The first-order valence-electron chi connectivity index (χ1n) is 9.62. The Balaban J connectivity index is -0.0000000675. The van der Waals surface area contributed by atoms with Crippen molar-refractivity contribution in [1.29, 1.82) is 0 Å². The molecule has 0 rings (SSSR count). The van der Waals surface area contributed by atoms with Crippen LogP contribution in [-0.4, -0.2) is 5.48 Å². The second-order valence-corrected chi connectivity index (χ2v) is 5.74. The smallest absolute Gasteiger partial charge is 0.870 e. The van der Waals surface area contributed by atoms with E-state index in [-0.39, 0.29) is 31.7 Å². The van der Waals surface area contributed by atoms with E-state index < -0.39 is 0 Å². The van der Waals surface area contributed by atoms with E-state index in [1.165, 1.54) is 77.0 Å². The molecule has 0 bridgehead atoms. The SMILES string of the molecule is [CH2-]CCCCCC.[CH2-]CCCCCC.[CH2-]CCCCCC.[OH-].[Zr+4]. The quantitative estimate of drug-likeness (QED) is 0.238. The van der Waals surface area contributed by atoms with E-state index in [1.807, 2.05) is 0 Å². The molecule has 2 heteroatoms. The van der Waals surface area contributed by atoms with Crippen LogP contribution in [0.25, 0.3) is 0 Å². The van der Waals surface area contributed by atoms with Crippen LogP contribution in [0.3, 0.4) is 0 Å². The molecule has 0 heterocycles. The maximum atomic E-state index is 3.76. The van der Waals surface area contributed by atoms with Crippen molar-refractivity contribution in [3.05, 3.63) is 20.8 Å². The van der Waals surface area contributed by atoms with Gasteiger partial charge in [-0.25, -0.2) is 0 Å². The Morgan fingerprint density at radius 3 is 0.783 bits per heavy atom. The van der Waals surface area contributed by atoms with Crippen LogP contribution in [0.5, 0.6) is 0 Å². The second kappa shape index (κ2) is 43.4. The summed E-state index contributed by atoms with van der Waals surface area (Å²) in [6, 6.07) is 0. The van der Waals surface area contributed by atoms with E-state index in [0.717, 1.165) is 19.3 Å². The Kier molecular flexibility index (Phi) is 66.2. The third kappa shape index (κ3) is 60.2. The van der Waals surface area contributed by atoms with Gasteiger partial charge in [0.15, 0.2) is 0 Å². The van der Waals surface area contributed by atoms with Crippen molar-refractivity contribution in [3.63, 3.8) is 0 Å². The summed E-state index contributed by atoms with van der Waals surface area (Å²) in [4.78, 5) is 0. The molecule has 0 saturated heterocycles. The molecular weight excluding hydrogens is 359 g/mol. The fraction of sp³-hybridized carbons (Fsp3) is 0.857. The number of hydrogen-bond acceptors (Lipinski definition) is 1. The summed E-state index contributed by atoms with van der Waals surface area (Å²) in [5.74, 6) is 0. The first-order valence-corrected chi connectivity index (χ1v) is 9.62. The average Bonchev–Trinajstić information content (AvgIpc) is 2.50. The van der Waals surface area contributed by atoms with Crippen molar-refractivity contribution in [2.24, 2.45) is 0 Å². The van der Waals surface area contributed by atoms with Crippen molar-refractivity contribution in [2.45, 2.75) is 117 Å². The van der Waals surface area contributed by atoms with Crippen LogP contribution in [0.1, 0.15) is 117 Å². The maximum absolute atomic E-state index is 3.76. The van der Waals surface area contributed by atoms with Gasteiger partial charge in [-0.15, -0.1) is 0 Å². The fourth-order valence-electron chi connectivity index (χ4n) is 1.81. The topological polar surface area (TPSA) is 30.0 Å². The van der Waals surface area contributed by atoms with Crippen LogP contribution in [0.2, 0.25) is 0 Å². The molecule has 0 saturated carbocycles. The minimum atomic E-state index is 0. The normalized spacial score (nSPS) is 8.61. The standard InChI is InChI=1S/3C7H15.H2O.Zr/c3*1-3-5-7-6-4-2;;/h3*1,3-7H2,2H3;1H2;/q3*-1;;+4/p-1. The zero-order valence-electron chi connectivity index (χ0n) is 16.7. The van der Waals surface area contributed by atoms with E-state index in [1.54, 1.807) is 0 Å². The van der Waals surface area contributed by atoms with E-state index in [4.69, 9.17) is 0 Å². The summed E-state index contributed by atoms with van der Waals surface area (Å²) in [5, 5.41) is 0. The van der Waals surface area contributed by atoms with Gasteiger partial charge in [0.05, 0.1) is 0 Å². The first-order chi connectivity index (χ1) is 10.2. The Bertz CT molecular complexity index is 93.2. The van der Waals surface area contributed by atoms with Crippen LogP contribution in [0.4, 0.5) is 0 Å². The van der Waals surface area contributed by atoms with Crippen molar-refractivity contribution in [1.82, 2.24) is 0 Å². The summed E-state index contributed by atoms with van der Waals surface area (Å²) in [7, 11) is 0. The molecule has 0 aliphatic heterocycles. The van der Waals surface area contributed by atoms with Gasteiger partial charge in [0.25, 0.3) is 0 Å². The summed E-state index contributed by atoms with van der Waals surface area (Å²) in [6.45, 7) is 17.9. The second-order valence-electron chi connectivity index (χ2n) is 5.74. The third-order valence-electron chi connectivity index (χ3n) is 3.31. The largest absolute Gasteiger partial charge is 4.00 e. The molecular formula is C21H46OZr. The van der Waals surface area contributed by atoms with Crippen molar-refractivity contribution in [2.75, 3.05) is 0 Å². The van der Waals surface area contributed by atoms with Gasteiger partial charge < -0.3 is 26.2 Å². The van der Waals surface area contributed by atoms with Gasteiger partial charge >= 0.3 is 26.2 Å². The molecule has 23 heavy (non-hydrogen) atoms. The van der Waals surface area contributed by atoms with Gasteiger partial charge in [0, 0.05) is 0 Å². The van der Waals surface area contributed by atoms with Crippen molar-refractivity contribution >= 4 is 0 Å². The molecule has 0 spiro atoms. The Morgan fingerprint density at radius 2 is 0.652 bits per heavy atom. The van der Waals surface area contributed by atoms with Crippen LogP contribution in [-0.2, 0) is 26.2 Å². The molecule has 0 aromatic carbocycles. The molecule has 0 aromatic heterocycles. The van der Waals surface area contributed by atoms with E-state index in [2.05, 4.69) is 41.5 Å². The molecule has 0 amide bonds. The minimum absolute atomic E-state index is 0. The maximum Gasteiger partial charge on any atom is 4.00 e. The van der Waals surface area contributed by atoms with Gasteiger partial charge in [-0.1, -0.05) is 97.8 Å². The minimum Gasteiger partial charge on any atom is -0.870 e. The summed E-state index contributed by atoms with van der Waals surface area (Å²) < 4.78 is 0. The van der Waals surface area contributed by atoms with Crippen molar-refractivity contribution < 1.29 is 31.7 Å². The number of unbranched alkanes of at least 4 members (excludes halogenated alkanes) is 12. The molecule has 1 N–H and O–H groups in total. The Labute approximate surface area is 169 Å². The molecule has 0 aliphatic carbocycles. The predicted octanol–water partition coefficient (Wildman–Crippen LogP) is 8.19. The van der Waals surface area contributed by atoms with Gasteiger partial charge in [0.2, 0.25) is 0 Å². The molecule has 0 atom stereocenters. The van der Waals surface area contributed by atoms with Crippen LogP contribution in [0.15, 0.2) is 0 Å². The molecule has 0 aromatic rings. The Hall–Kier alpha value is 0.843. The zero-order chi connectivity index (χ0) is 16.6. The molecule has 0 aliphatic rings. The van der Waals surface area contributed by atoms with E-state index >= 15 is 0 Å². The van der Waals surface area contributed by atoms with Gasteiger partial charge in [-0.3, -0.25) is 0 Å². The fourth-order valence-corrected chi connectivity index (χ4v) is 1.81. The molecule has 0 fully saturated rings. The molecule has 0 radical (unpaired) electrons. The van der Waals surface area contributed by atoms with Gasteiger partial charge in [0.1, 0.15) is 0 Å². The molecule has 140 valence electrons. The Morgan fingerprint density at radius 1 is 0.435 bits per heavy atom. The zero-order valence-corrected chi connectivity index (χ0v) is 19.1. The summed E-state index contributed by atoms with van der Waals surface area (Å²) in [6.07, 6.45) is 19.6. The molecule has 1 nitrogen and oxygen atoms in total.